The third kappa shape index (κ3) is 5.26. The van der Waals surface area contributed by atoms with Crippen molar-refractivity contribution in [2.45, 2.75) is 0 Å². The van der Waals surface area contributed by atoms with Crippen molar-refractivity contribution >= 4 is 18.2 Å². The topological polar surface area (TPSA) is 103 Å². The molecule has 0 saturated carbocycles. The van der Waals surface area contributed by atoms with Gasteiger partial charge in [-0.25, -0.2) is 0 Å². The minimum atomic E-state index is -1.14. The van der Waals surface area contributed by atoms with Gasteiger partial charge in [0.2, 0.25) is 0 Å². The second kappa shape index (κ2) is 6.21. The lowest BCUT2D eigenvalue weighted by atomic mass is 10.3. The van der Waals surface area contributed by atoms with E-state index in [0.717, 1.165) is 5.01 Å². The van der Waals surface area contributed by atoms with Crippen LogP contribution in [0.3, 0.4) is 0 Å². The quantitative estimate of drug-likeness (QED) is 0.528. The fourth-order valence-electron chi connectivity index (χ4n) is 1.05. The Hall–Kier alpha value is -2.44. The first-order valence-electron chi connectivity index (χ1n) is 4.70. The predicted octanol–water partition coefficient (Wildman–Crippen LogP) is -0.113. The molecule has 0 aliphatic carbocycles. The molecule has 1 heterocycles. The summed E-state index contributed by atoms with van der Waals surface area (Å²) in [7, 11) is 0. The minimum Gasteiger partial charge on any atom is -0.480 e. The summed E-state index contributed by atoms with van der Waals surface area (Å²) in [5, 5.41) is 21.9. The molecule has 7 nitrogen and oxygen atoms in total. The average molecular weight is 237 g/mol. The van der Waals surface area contributed by atoms with Crippen molar-refractivity contribution in [3.8, 4) is 0 Å². The molecule has 17 heavy (non-hydrogen) atoms. The van der Waals surface area contributed by atoms with Crippen molar-refractivity contribution in [2.75, 3.05) is 13.1 Å². The van der Waals surface area contributed by atoms with Crippen LogP contribution in [-0.2, 0) is 9.59 Å². The molecule has 0 radical (unpaired) electrons. The highest BCUT2D eigenvalue weighted by Crippen LogP contribution is 1.94. The fraction of sp³-hybridized carbons (Fsp3) is 0.200. The van der Waals surface area contributed by atoms with Crippen LogP contribution in [0.2, 0.25) is 0 Å². The first-order chi connectivity index (χ1) is 8.08. The summed E-state index contributed by atoms with van der Waals surface area (Å²) in [6.07, 6.45) is 4.49. The number of rotatable bonds is 6. The van der Waals surface area contributed by atoms with Crippen molar-refractivity contribution in [2.24, 2.45) is 5.10 Å². The Morgan fingerprint density at radius 2 is 1.76 bits per heavy atom. The van der Waals surface area contributed by atoms with Gasteiger partial charge in [-0.1, -0.05) is 0 Å². The van der Waals surface area contributed by atoms with Crippen molar-refractivity contribution in [1.82, 2.24) is 9.99 Å². The van der Waals surface area contributed by atoms with E-state index in [1.165, 1.54) is 6.21 Å². The van der Waals surface area contributed by atoms with Crippen molar-refractivity contribution in [1.29, 1.82) is 0 Å². The summed E-state index contributed by atoms with van der Waals surface area (Å²) in [4.78, 5) is 24.8. The van der Waals surface area contributed by atoms with Crippen LogP contribution in [0.5, 0.6) is 0 Å². The maximum atomic E-state index is 10.5. The summed E-state index contributed by atoms with van der Waals surface area (Å²) in [5.41, 5.74) is 0.709. The number of nitrogens with zero attached hydrogens (tertiary/aromatic N) is 3. The van der Waals surface area contributed by atoms with Gasteiger partial charge in [0.1, 0.15) is 13.1 Å². The third-order valence-electron chi connectivity index (χ3n) is 1.71. The van der Waals surface area contributed by atoms with E-state index in [4.69, 9.17) is 10.2 Å². The number of aromatic nitrogens is 1. The molecule has 0 aromatic carbocycles. The number of hydrogen-bond acceptors (Lipinski definition) is 5. The van der Waals surface area contributed by atoms with Gasteiger partial charge in [-0.15, -0.1) is 0 Å². The van der Waals surface area contributed by atoms with Crippen molar-refractivity contribution in [3.05, 3.63) is 30.1 Å². The van der Waals surface area contributed by atoms with Gasteiger partial charge in [0.15, 0.2) is 0 Å². The Bertz CT molecular complexity index is 403. The molecule has 0 spiro atoms. The number of carboxylic acid groups (broad SMARTS) is 2. The molecule has 0 bridgehead atoms. The second-order valence-electron chi connectivity index (χ2n) is 3.14. The first-order valence-corrected chi connectivity index (χ1v) is 4.70. The second-order valence-corrected chi connectivity index (χ2v) is 3.14. The van der Waals surface area contributed by atoms with E-state index in [-0.39, 0.29) is 0 Å². The molecule has 2 N–H and O–H groups in total. The Morgan fingerprint density at radius 3 is 2.24 bits per heavy atom. The molecule has 0 amide bonds. The van der Waals surface area contributed by atoms with Crippen LogP contribution in [0.1, 0.15) is 5.56 Å². The lowest BCUT2D eigenvalue weighted by Gasteiger charge is -2.13. The van der Waals surface area contributed by atoms with E-state index >= 15 is 0 Å². The molecular weight excluding hydrogens is 226 g/mol. The number of pyridine rings is 1. The lowest BCUT2D eigenvalue weighted by Crippen LogP contribution is -2.30. The van der Waals surface area contributed by atoms with E-state index in [1.54, 1.807) is 24.5 Å². The van der Waals surface area contributed by atoms with Crippen LogP contribution in [0.15, 0.2) is 29.6 Å². The van der Waals surface area contributed by atoms with E-state index in [9.17, 15) is 9.59 Å². The van der Waals surface area contributed by atoms with E-state index in [1.807, 2.05) is 0 Å². The third-order valence-corrected chi connectivity index (χ3v) is 1.71. The molecule has 0 saturated heterocycles. The summed E-state index contributed by atoms with van der Waals surface area (Å²) in [5.74, 6) is -2.28. The summed E-state index contributed by atoms with van der Waals surface area (Å²) in [6.45, 7) is -0.929. The maximum absolute atomic E-state index is 10.5. The lowest BCUT2D eigenvalue weighted by molar-refractivity contribution is -0.141. The first kappa shape index (κ1) is 12.6. The number of hydrogen-bond donors (Lipinski definition) is 2. The van der Waals surface area contributed by atoms with E-state index in [2.05, 4.69) is 10.1 Å². The van der Waals surface area contributed by atoms with Gasteiger partial charge in [-0.05, 0) is 17.7 Å². The predicted molar refractivity (Wildman–Crippen MR) is 58.7 cm³/mol. The van der Waals surface area contributed by atoms with Crippen LogP contribution in [0, 0.1) is 0 Å². The van der Waals surface area contributed by atoms with Crippen molar-refractivity contribution < 1.29 is 19.8 Å². The highest BCUT2D eigenvalue weighted by molar-refractivity contribution is 5.79. The molecule has 0 aliphatic rings. The van der Waals surface area contributed by atoms with Crippen molar-refractivity contribution in [3.63, 3.8) is 0 Å². The molecule has 1 aromatic heterocycles. The Kier molecular flexibility index (Phi) is 4.61. The zero-order valence-electron chi connectivity index (χ0n) is 8.85. The van der Waals surface area contributed by atoms with Gasteiger partial charge in [0, 0.05) is 12.4 Å². The largest absolute Gasteiger partial charge is 0.480 e. The standard InChI is InChI=1S/C10H11N3O4/c14-9(15)6-13(7-10(16)17)12-5-8-1-3-11-4-2-8/h1-5H,6-7H2,(H,14,15)(H,16,17)/b12-5-. The molecule has 1 rings (SSSR count). The zero-order chi connectivity index (χ0) is 12.7. The smallest absolute Gasteiger partial charge is 0.324 e. The number of carboxylic acids is 2. The van der Waals surface area contributed by atoms with Gasteiger partial charge in [-0.3, -0.25) is 19.6 Å². The molecule has 0 atom stereocenters. The molecule has 90 valence electrons. The SMILES string of the molecule is O=C(O)CN(CC(=O)O)/N=C\c1ccncc1. The molecule has 0 unspecified atom stereocenters. The summed E-state index contributed by atoms with van der Waals surface area (Å²) >= 11 is 0. The molecule has 0 fully saturated rings. The Balaban J connectivity index is 2.68. The maximum Gasteiger partial charge on any atom is 0.324 e. The Morgan fingerprint density at radius 1 is 1.24 bits per heavy atom. The zero-order valence-corrected chi connectivity index (χ0v) is 8.85. The summed E-state index contributed by atoms with van der Waals surface area (Å²) in [6, 6.07) is 3.34. The molecular formula is C10H11N3O4. The monoisotopic (exact) mass is 237 g/mol. The van der Waals surface area contributed by atoms with Crippen LogP contribution < -0.4 is 0 Å². The molecule has 7 heteroatoms. The van der Waals surface area contributed by atoms with Crippen LogP contribution >= 0.6 is 0 Å². The van der Waals surface area contributed by atoms with E-state index in [0.29, 0.717) is 5.56 Å². The van der Waals surface area contributed by atoms with Crippen LogP contribution in [-0.4, -0.2) is 51.4 Å². The minimum absolute atomic E-state index is 0.464. The number of hydrazone groups is 1. The highest BCUT2D eigenvalue weighted by atomic mass is 16.4. The highest BCUT2D eigenvalue weighted by Gasteiger charge is 2.10. The van der Waals surface area contributed by atoms with Gasteiger partial charge in [-0.2, -0.15) is 5.10 Å². The van der Waals surface area contributed by atoms with Gasteiger partial charge < -0.3 is 10.2 Å². The normalized spacial score (nSPS) is 10.4. The van der Waals surface area contributed by atoms with Crippen LogP contribution in [0.4, 0.5) is 0 Å². The van der Waals surface area contributed by atoms with Gasteiger partial charge in [0.25, 0.3) is 0 Å². The van der Waals surface area contributed by atoms with Gasteiger partial charge in [0.05, 0.1) is 6.21 Å². The number of carbonyl (C=O) groups is 2. The van der Waals surface area contributed by atoms with Crippen LogP contribution in [0.25, 0.3) is 0 Å². The summed E-state index contributed by atoms with van der Waals surface area (Å²) < 4.78 is 0. The fourth-order valence-corrected chi connectivity index (χ4v) is 1.05. The number of aliphatic carboxylic acids is 2. The molecule has 0 aliphatic heterocycles. The van der Waals surface area contributed by atoms with Gasteiger partial charge >= 0.3 is 11.9 Å². The Labute approximate surface area is 97.0 Å². The van der Waals surface area contributed by atoms with E-state index < -0.39 is 25.0 Å². The average Bonchev–Trinajstić information content (AvgIpc) is 2.26. The molecule has 1 aromatic rings.